The Morgan fingerprint density at radius 2 is 2.00 bits per heavy atom. The number of amides is 1. The van der Waals surface area contributed by atoms with E-state index in [1.54, 1.807) is 6.20 Å². The summed E-state index contributed by atoms with van der Waals surface area (Å²) in [5, 5.41) is 0. The van der Waals surface area contributed by atoms with Gasteiger partial charge in [-0.05, 0) is 74.0 Å². The molecule has 5 nitrogen and oxygen atoms in total. The number of rotatable bonds is 5. The number of likely N-dealkylation sites (tertiary alicyclic amines) is 1. The predicted octanol–water partition coefficient (Wildman–Crippen LogP) is 3.19. The third-order valence-electron chi connectivity index (χ3n) is 8.24. The fourth-order valence-electron chi connectivity index (χ4n) is 6.88. The topological polar surface area (TPSA) is 68.5 Å². The maximum atomic E-state index is 11.7. The van der Waals surface area contributed by atoms with Crippen LogP contribution in [0.2, 0.25) is 0 Å². The van der Waals surface area contributed by atoms with E-state index in [0.717, 1.165) is 36.4 Å². The minimum Gasteiger partial charge on any atom is -0.373 e. The van der Waals surface area contributed by atoms with E-state index in [9.17, 15) is 4.79 Å². The van der Waals surface area contributed by atoms with Gasteiger partial charge in [0.25, 0.3) is 5.91 Å². The van der Waals surface area contributed by atoms with E-state index >= 15 is 0 Å². The molecule has 0 spiro atoms. The van der Waals surface area contributed by atoms with Crippen molar-refractivity contribution >= 4 is 5.91 Å². The molecule has 1 aromatic rings. The first kappa shape index (κ1) is 18.6. The Morgan fingerprint density at radius 1 is 1.21 bits per heavy atom. The molecular weight excluding hydrogens is 350 g/mol. The first-order valence-corrected chi connectivity index (χ1v) is 11.1. The SMILES string of the molecule is COC1(c2ccnc(C(N)=O)c2)C2CCCC1CN(C[C@H]1CCC3C[C@@H]3C1)C2. The second-order valence-corrected chi connectivity index (χ2v) is 9.77. The second-order valence-electron chi connectivity index (χ2n) is 9.77. The predicted molar refractivity (Wildman–Crippen MR) is 108 cm³/mol. The highest BCUT2D eigenvalue weighted by molar-refractivity contribution is 5.90. The number of hydrogen-bond donors (Lipinski definition) is 1. The number of nitrogens with two attached hydrogens (primary N) is 1. The molecule has 5 atom stereocenters. The van der Waals surface area contributed by atoms with Gasteiger partial charge in [0, 0.05) is 44.8 Å². The number of fused-ring (bicyclic) bond motifs is 3. The molecule has 1 saturated heterocycles. The zero-order chi connectivity index (χ0) is 19.3. The lowest BCUT2D eigenvalue weighted by atomic mass is 9.62. The van der Waals surface area contributed by atoms with Gasteiger partial charge in [-0.3, -0.25) is 9.78 Å². The van der Waals surface area contributed by atoms with E-state index < -0.39 is 5.91 Å². The molecule has 152 valence electrons. The zero-order valence-electron chi connectivity index (χ0n) is 17.0. The number of nitrogens with zero attached hydrogens (tertiary/aromatic N) is 2. The van der Waals surface area contributed by atoms with E-state index in [-0.39, 0.29) is 5.60 Å². The largest absolute Gasteiger partial charge is 0.373 e. The molecule has 3 unspecified atom stereocenters. The summed E-state index contributed by atoms with van der Waals surface area (Å²) >= 11 is 0. The lowest BCUT2D eigenvalue weighted by Gasteiger charge is -2.56. The third-order valence-corrected chi connectivity index (χ3v) is 8.24. The van der Waals surface area contributed by atoms with E-state index in [0.29, 0.717) is 17.5 Å². The first-order chi connectivity index (χ1) is 13.6. The minimum absolute atomic E-state index is 0.309. The minimum atomic E-state index is -0.466. The standard InChI is InChI=1S/C23H33N3O2/c1-28-23(18-7-8-25-21(11-18)22(24)27)19-3-2-4-20(23)14-26(13-19)12-15-5-6-16-10-17(16)9-15/h7-8,11,15-17,19-20H,2-6,9-10,12-14H2,1H3,(H2,24,27)/t15-,16?,17-,19?,20?,23?/m0/s1. The van der Waals surface area contributed by atoms with Crippen molar-refractivity contribution in [2.45, 2.75) is 50.5 Å². The highest BCUT2D eigenvalue weighted by atomic mass is 16.5. The summed E-state index contributed by atoms with van der Waals surface area (Å²) < 4.78 is 6.32. The van der Waals surface area contributed by atoms with Crippen LogP contribution in [-0.4, -0.2) is 42.5 Å². The van der Waals surface area contributed by atoms with Gasteiger partial charge in [-0.25, -0.2) is 0 Å². The lowest BCUT2D eigenvalue weighted by Crippen LogP contribution is -2.59. The third kappa shape index (κ3) is 3.07. The van der Waals surface area contributed by atoms with Gasteiger partial charge in [-0.1, -0.05) is 6.42 Å². The molecule has 1 aromatic heterocycles. The fourth-order valence-corrected chi connectivity index (χ4v) is 6.88. The molecule has 5 heteroatoms. The van der Waals surface area contributed by atoms with Gasteiger partial charge in [0.15, 0.2) is 0 Å². The van der Waals surface area contributed by atoms with E-state index in [4.69, 9.17) is 10.5 Å². The molecule has 5 rings (SSSR count). The van der Waals surface area contributed by atoms with Crippen LogP contribution in [0.4, 0.5) is 0 Å². The van der Waals surface area contributed by atoms with Crippen molar-refractivity contribution in [3.8, 4) is 0 Å². The molecule has 4 fully saturated rings. The summed E-state index contributed by atoms with van der Waals surface area (Å²) in [5.41, 5.74) is 6.63. The summed E-state index contributed by atoms with van der Waals surface area (Å²) in [7, 11) is 1.85. The Bertz CT molecular complexity index is 737. The number of carbonyl (C=O) groups excluding carboxylic acids is 1. The normalized spacial score (nSPS) is 40.0. The Morgan fingerprint density at radius 3 is 2.68 bits per heavy atom. The van der Waals surface area contributed by atoms with Crippen molar-refractivity contribution in [3.63, 3.8) is 0 Å². The van der Waals surface area contributed by atoms with E-state index in [1.165, 1.54) is 51.5 Å². The molecule has 1 amide bonds. The molecular formula is C23H33N3O2. The molecule has 28 heavy (non-hydrogen) atoms. The van der Waals surface area contributed by atoms with Gasteiger partial charge in [0.05, 0.1) is 0 Å². The van der Waals surface area contributed by atoms with Gasteiger partial charge in [0.2, 0.25) is 0 Å². The van der Waals surface area contributed by atoms with E-state index in [2.05, 4.69) is 9.88 Å². The number of aromatic nitrogens is 1. The Balaban J connectivity index is 1.38. The molecule has 4 aliphatic rings. The quantitative estimate of drug-likeness (QED) is 0.848. The molecule has 1 aliphatic heterocycles. The number of ether oxygens (including phenoxy) is 1. The number of pyridine rings is 1. The average Bonchev–Trinajstić information content (AvgIpc) is 3.46. The number of primary amides is 1. The second kappa shape index (κ2) is 7.10. The summed E-state index contributed by atoms with van der Waals surface area (Å²) in [4.78, 5) is 18.6. The fraction of sp³-hybridized carbons (Fsp3) is 0.739. The number of carbonyl (C=O) groups is 1. The van der Waals surface area contributed by atoms with Crippen LogP contribution in [0.25, 0.3) is 0 Å². The highest BCUT2D eigenvalue weighted by Gasteiger charge is 2.53. The monoisotopic (exact) mass is 383 g/mol. The maximum absolute atomic E-state index is 11.7. The van der Waals surface area contributed by atoms with Gasteiger partial charge < -0.3 is 15.4 Å². The van der Waals surface area contributed by atoms with Crippen LogP contribution in [0.3, 0.4) is 0 Å². The van der Waals surface area contributed by atoms with Crippen LogP contribution in [0.1, 0.15) is 61.0 Å². The number of piperidine rings is 1. The van der Waals surface area contributed by atoms with Crippen LogP contribution >= 0.6 is 0 Å². The van der Waals surface area contributed by atoms with Gasteiger partial charge in [-0.15, -0.1) is 0 Å². The summed E-state index contributed by atoms with van der Waals surface area (Å²) in [6.45, 7) is 3.46. The van der Waals surface area contributed by atoms with Crippen LogP contribution in [0, 0.1) is 29.6 Å². The van der Waals surface area contributed by atoms with Crippen LogP contribution in [0.5, 0.6) is 0 Å². The Kier molecular flexibility index (Phi) is 4.71. The molecule has 3 saturated carbocycles. The van der Waals surface area contributed by atoms with Crippen molar-refractivity contribution in [1.29, 1.82) is 0 Å². The van der Waals surface area contributed by atoms with Crippen LogP contribution in [-0.2, 0) is 10.3 Å². The van der Waals surface area contributed by atoms with Crippen molar-refractivity contribution in [3.05, 3.63) is 29.6 Å². The molecule has 0 aromatic carbocycles. The maximum Gasteiger partial charge on any atom is 0.267 e. The zero-order valence-corrected chi connectivity index (χ0v) is 17.0. The highest BCUT2D eigenvalue weighted by Crippen LogP contribution is 2.53. The molecule has 3 aliphatic carbocycles. The van der Waals surface area contributed by atoms with E-state index in [1.807, 2.05) is 19.2 Å². The lowest BCUT2D eigenvalue weighted by molar-refractivity contribution is -0.170. The van der Waals surface area contributed by atoms with Crippen molar-refractivity contribution in [2.24, 2.45) is 35.3 Å². The summed E-state index contributed by atoms with van der Waals surface area (Å²) in [6.07, 6.45) is 11.2. The molecule has 2 bridgehead atoms. The Labute approximate surface area is 168 Å². The van der Waals surface area contributed by atoms with Gasteiger partial charge in [-0.2, -0.15) is 0 Å². The van der Waals surface area contributed by atoms with Gasteiger partial charge in [0.1, 0.15) is 11.3 Å². The van der Waals surface area contributed by atoms with Gasteiger partial charge >= 0.3 is 0 Å². The van der Waals surface area contributed by atoms with Crippen LogP contribution in [0.15, 0.2) is 18.3 Å². The summed E-state index contributed by atoms with van der Waals surface area (Å²) in [5.74, 6) is 3.47. The smallest absolute Gasteiger partial charge is 0.267 e. The van der Waals surface area contributed by atoms with Crippen molar-refractivity contribution in [1.82, 2.24) is 9.88 Å². The number of methoxy groups -OCH3 is 1. The van der Waals surface area contributed by atoms with Crippen molar-refractivity contribution in [2.75, 3.05) is 26.7 Å². The molecule has 2 heterocycles. The molecule has 0 radical (unpaired) electrons. The molecule has 2 N–H and O–H groups in total. The van der Waals surface area contributed by atoms with Crippen LogP contribution < -0.4 is 5.73 Å². The average molecular weight is 384 g/mol. The number of hydrogen-bond acceptors (Lipinski definition) is 4. The Hall–Kier alpha value is -1.46. The summed E-state index contributed by atoms with van der Waals surface area (Å²) in [6, 6.07) is 3.91. The first-order valence-electron chi connectivity index (χ1n) is 11.1. The van der Waals surface area contributed by atoms with Crippen molar-refractivity contribution < 1.29 is 9.53 Å².